The first-order valence-electron chi connectivity index (χ1n) is 4.23. The maximum absolute atomic E-state index is 12.3. The van der Waals surface area contributed by atoms with E-state index in [1.165, 1.54) is 6.92 Å². The number of nitrogens with zero attached hydrogens (tertiary/aromatic N) is 2. The van der Waals surface area contributed by atoms with Crippen molar-refractivity contribution in [2.24, 2.45) is 0 Å². The lowest BCUT2D eigenvalue weighted by Crippen LogP contribution is -2.17. The average molecular weight is 235 g/mol. The van der Waals surface area contributed by atoms with Crippen LogP contribution in [0.1, 0.15) is 23.2 Å². The number of nitrogen functional groups attached to an aromatic ring is 1. The van der Waals surface area contributed by atoms with Gasteiger partial charge in [0.25, 0.3) is 0 Å². The molecule has 0 amide bonds. The van der Waals surface area contributed by atoms with Crippen molar-refractivity contribution in [1.29, 1.82) is 0 Å². The van der Waals surface area contributed by atoms with Crippen LogP contribution in [0.15, 0.2) is 6.07 Å². The van der Waals surface area contributed by atoms with E-state index in [9.17, 15) is 18.0 Å². The van der Waals surface area contributed by atoms with Crippen LogP contribution >= 0.6 is 0 Å². The van der Waals surface area contributed by atoms with Gasteiger partial charge in [0.2, 0.25) is 5.82 Å². The standard InChI is InChI=1S/C8H8F3N3O2/c1-2-16-6(15)4-3-5(12)14-7(13-4)8(9,10)11/h3H,2H2,1H3,(H2,12,13,14). The summed E-state index contributed by atoms with van der Waals surface area (Å²) >= 11 is 0. The molecule has 0 radical (unpaired) electrons. The number of hydrogen-bond acceptors (Lipinski definition) is 5. The Balaban J connectivity index is 3.13. The molecule has 88 valence electrons. The summed E-state index contributed by atoms with van der Waals surface area (Å²) in [6.07, 6.45) is -4.75. The van der Waals surface area contributed by atoms with E-state index in [1.54, 1.807) is 0 Å². The van der Waals surface area contributed by atoms with E-state index in [0.29, 0.717) is 0 Å². The Morgan fingerprint density at radius 1 is 1.50 bits per heavy atom. The van der Waals surface area contributed by atoms with E-state index >= 15 is 0 Å². The molecule has 1 aromatic rings. The van der Waals surface area contributed by atoms with Gasteiger partial charge in [0.15, 0.2) is 5.69 Å². The average Bonchev–Trinajstić information content (AvgIpc) is 2.16. The van der Waals surface area contributed by atoms with Crippen LogP contribution in [0.5, 0.6) is 0 Å². The van der Waals surface area contributed by atoms with Gasteiger partial charge in [-0.15, -0.1) is 0 Å². The summed E-state index contributed by atoms with van der Waals surface area (Å²) in [5.74, 6) is -2.87. The molecular weight excluding hydrogens is 227 g/mol. The second kappa shape index (κ2) is 4.33. The molecule has 1 rings (SSSR count). The zero-order valence-corrected chi connectivity index (χ0v) is 8.21. The summed E-state index contributed by atoms with van der Waals surface area (Å²) in [6, 6.07) is 0.924. The van der Waals surface area contributed by atoms with E-state index in [2.05, 4.69) is 14.7 Å². The first kappa shape index (κ1) is 12.2. The van der Waals surface area contributed by atoms with Gasteiger partial charge >= 0.3 is 12.1 Å². The number of halogens is 3. The van der Waals surface area contributed by atoms with E-state index in [-0.39, 0.29) is 6.61 Å². The maximum Gasteiger partial charge on any atom is 0.451 e. The van der Waals surface area contributed by atoms with E-state index in [1.807, 2.05) is 0 Å². The molecule has 0 saturated heterocycles. The zero-order chi connectivity index (χ0) is 12.3. The van der Waals surface area contributed by atoms with Gasteiger partial charge < -0.3 is 10.5 Å². The van der Waals surface area contributed by atoms with E-state index in [4.69, 9.17) is 5.73 Å². The van der Waals surface area contributed by atoms with Gasteiger partial charge in [-0.2, -0.15) is 13.2 Å². The largest absolute Gasteiger partial charge is 0.461 e. The highest BCUT2D eigenvalue weighted by atomic mass is 19.4. The van der Waals surface area contributed by atoms with Crippen molar-refractivity contribution in [1.82, 2.24) is 9.97 Å². The van der Waals surface area contributed by atoms with Crippen LogP contribution in [0.4, 0.5) is 19.0 Å². The molecular formula is C8H8F3N3O2. The Morgan fingerprint density at radius 2 is 2.12 bits per heavy atom. The molecule has 8 heteroatoms. The monoisotopic (exact) mass is 235 g/mol. The lowest BCUT2D eigenvalue weighted by Gasteiger charge is -2.07. The zero-order valence-electron chi connectivity index (χ0n) is 8.21. The minimum absolute atomic E-state index is 0.0318. The molecule has 1 heterocycles. The van der Waals surface area contributed by atoms with Gasteiger partial charge in [0, 0.05) is 6.07 Å². The molecule has 0 fully saturated rings. The SMILES string of the molecule is CCOC(=O)c1cc(N)nc(C(F)(F)F)n1. The van der Waals surface area contributed by atoms with Crippen LogP contribution in [-0.2, 0) is 10.9 Å². The third-order valence-electron chi connectivity index (χ3n) is 1.48. The van der Waals surface area contributed by atoms with Crippen molar-refractivity contribution < 1.29 is 22.7 Å². The van der Waals surface area contributed by atoms with Crippen LogP contribution in [-0.4, -0.2) is 22.5 Å². The van der Waals surface area contributed by atoms with Gasteiger partial charge in [-0.25, -0.2) is 14.8 Å². The summed E-state index contributed by atoms with van der Waals surface area (Å²) in [5, 5.41) is 0. The summed E-state index contributed by atoms with van der Waals surface area (Å²) in [6.45, 7) is 1.55. The van der Waals surface area contributed by atoms with Crippen molar-refractivity contribution in [2.45, 2.75) is 13.1 Å². The minimum Gasteiger partial charge on any atom is -0.461 e. The molecule has 16 heavy (non-hydrogen) atoms. The highest BCUT2D eigenvalue weighted by molar-refractivity contribution is 5.87. The second-order valence-electron chi connectivity index (χ2n) is 2.72. The van der Waals surface area contributed by atoms with Gasteiger partial charge in [0.05, 0.1) is 6.61 Å². The smallest absolute Gasteiger partial charge is 0.451 e. The predicted molar refractivity (Wildman–Crippen MR) is 47.4 cm³/mol. The van der Waals surface area contributed by atoms with Crippen molar-refractivity contribution in [3.63, 3.8) is 0 Å². The number of aromatic nitrogens is 2. The van der Waals surface area contributed by atoms with Crippen LogP contribution in [0.2, 0.25) is 0 Å². The van der Waals surface area contributed by atoms with E-state index in [0.717, 1.165) is 6.07 Å². The number of nitrogens with two attached hydrogens (primary N) is 1. The van der Waals surface area contributed by atoms with E-state index < -0.39 is 29.5 Å². The highest BCUT2D eigenvalue weighted by Crippen LogP contribution is 2.26. The Hall–Kier alpha value is -1.86. The molecule has 0 atom stereocenters. The Morgan fingerprint density at radius 3 is 2.62 bits per heavy atom. The molecule has 0 aromatic carbocycles. The van der Waals surface area contributed by atoms with Crippen molar-refractivity contribution in [3.05, 3.63) is 17.6 Å². The number of hydrogen-bond donors (Lipinski definition) is 1. The molecule has 5 nitrogen and oxygen atoms in total. The highest BCUT2D eigenvalue weighted by Gasteiger charge is 2.35. The summed E-state index contributed by atoms with van der Waals surface area (Å²) in [4.78, 5) is 17.2. The summed E-state index contributed by atoms with van der Waals surface area (Å²) in [7, 11) is 0. The number of alkyl halides is 3. The van der Waals surface area contributed by atoms with Crippen molar-refractivity contribution in [3.8, 4) is 0 Å². The molecule has 1 aromatic heterocycles. The topological polar surface area (TPSA) is 78.1 Å². The lowest BCUT2D eigenvalue weighted by molar-refractivity contribution is -0.144. The molecule has 0 bridgehead atoms. The molecule has 0 aliphatic carbocycles. The number of ether oxygens (including phenoxy) is 1. The molecule has 0 spiro atoms. The van der Waals surface area contributed by atoms with Crippen LogP contribution in [0.25, 0.3) is 0 Å². The maximum atomic E-state index is 12.3. The Bertz CT molecular complexity index is 406. The fourth-order valence-electron chi connectivity index (χ4n) is 0.902. The van der Waals surface area contributed by atoms with Crippen LogP contribution in [0, 0.1) is 0 Å². The third-order valence-corrected chi connectivity index (χ3v) is 1.48. The van der Waals surface area contributed by atoms with Crippen molar-refractivity contribution in [2.75, 3.05) is 12.3 Å². The van der Waals surface area contributed by atoms with Gasteiger partial charge in [-0.1, -0.05) is 0 Å². The first-order valence-corrected chi connectivity index (χ1v) is 4.23. The van der Waals surface area contributed by atoms with Gasteiger partial charge in [-0.05, 0) is 6.92 Å². The van der Waals surface area contributed by atoms with Crippen LogP contribution < -0.4 is 5.73 Å². The quantitative estimate of drug-likeness (QED) is 0.780. The molecule has 0 aliphatic heterocycles. The minimum atomic E-state index is -4.75. The predicted octanol–water partition coefficient (Wildman–Crippen LogP) is 1.25. The van der Waals surface area contributed by atoms with Gasteiger partial charge in [-0.3, -0.25) is 0 Å². The molecule has 0 saturated carbocycles. The number of carbonyl (C=O) groups excluding carboxylic acids is 1. The molecule has 0 aliphatic rings. The first-order chi connectivity index (χ1) is 7.34. The number of rotatable bonds is 2. The fourth-order valence-corrected chi connectivity index (χ4v) is 0.902. The third kappa shape index (κ3) is 2.81. The van der Waals surface area contributed by atoms with Crippen LogP contribution in [0.3, 0.4) is 0 Å². The van der Waals surface area contributed by atoms with Gasteiger partial charge in [0.1, 0.15) is 5.82 Å². The van der Waals surface area contributed by atoms with Crippen molar-refractivity contribution >= 4 is 11.8 Å². The summed E-state index contributed by atoms with van der Waals surface area (Å²) < 4.78 is 41.3. The Labute approximate surface area is 88.4 Å². The summed E-state index contributed by atoms with van der Waals surface area (Å²) in [5.41, 5.74) is 4.62. The number of anilines is 1. The lowest BCUT2D eigenvalue weighted by atomic mass is 10.3. The molecule has 0 unspecified atom stereocenters. The fraction of sp³-hybridized carbons (Fsp3) is 0.375. The molecule has 2 N–H and O–H groups in total. The Kier molecular flexibility index (Phi) is 3.31. The normalized spacial score (nSPS) is 11.2. The number of carbonyl (C=O) groups is 1. The second-order valence-corrected chi connectivity index (χ2v) is 2.72. The number of esters is 1.